The Morgan fingerprint density at radius 1 is 1.09 bits per heavy atom. The van der Waals surface area contributed by atoms with Gasteiger partial charge in [-0.2, -0.15) is 4.39 Å². The third-order valence-corrected chi connectivity index (χ3v) is 6.40. The number of rotatable bonds is 4. The summed E-state index contributed by atoms with van der Waals surface area (Å²) in [6.07, 6.45) is 8.44. The van der Waals surface area contributed by atoms with Gasteiger partial charge in [0.25, 0.3) is 0 Å². The number of allylic oxidation sites excluding steroid dienone is 1. The van der Waals surface area contributed by atoms with Crippen molar-refractivity contribution in [3.63, 3.8) is 0 Å². The van der Waals surface area contributed by atoms with Gasteiger partial charge in [0.2, 0.25) is 5.95 Å². The van der Waals surface area contributed by atoms with Crippen LogP contribution >= 0.6 is 0 Å². The number of nitrogens with zero attached hydrogens (tertiary/aromatic N) is 4. The number of benzene rings is 1. The van der Waals surface area contributed by atoms with Crippen LogP contribution in [0.2, 0.25) is 0 Å². The predicted molar refractivity (Wildman–Crippen MR) is 122 cm³/mol. The van der Waals surface area contributed by atoms with Gasteiger partial charge in [0.15, 0.2) is 5.82 Å². The van der Waals surface area contributed by atoms with Crippen LogP contribution in [0.5, 0.6) is 0 Å². The molecule has 3 aromatic rings. The summed E-state index contributed by atoms with van der Waals surface area (Å²) in [5.41, 5.74) is 2.43. The van der Waals surface area contributed by atoms with E-state index >= 15 is 0 Å². The summed E-state index contributed by atoms with van der Waals surface area (Å²) >= 11 is 0. The molecule has 1 saturated heterocycles. The van der Waals surface area contributed by atoms with Crippen LogP contribution in [-0.2, 0) is 4.74 Å². The Balaban J connectivity index is 1.42. The van der Waals surface area contributed by atoms with E-state index in [4.69, 9.17) is 4.74 Å². The Morgan fingerprint density at radius 3 is 2.55 bits per heavy atom. The maximum atomic E-state index is 14.6. The molecule has 1 fully saturated rings. The molecule has 0 spiro atoms. The lowest BCUT2D eigenvalue weighted by molar-refractivity contribution is 0.0668. The Morgan fingerprint density at radius 2 is 1.85 bits per heavy atom. The minimum absolute atomic E-state index is 0.0232. The number of carbonyl (C=O) groups is 1. The number of ether oxygens (including phenoxy) is 1. The summed E-state index contributed by atoms with van der Waals surface area (Å²) in [6, 6.07) is 13.3. The zero-order chi connectivity index (χ0) is 23.0. The summed E-state index contributed by atoms with van der Waals surface area (Å²) in [5.74, 6) is -0.00320. The molecule has 0 saturated carbocycles. The Labute approximate surface area is 192 Å². The molecule has 1 unspecified atom stereocenters. The van der Waals surface area contributed by atoms with Crippen molar-refractivity contribution in [1.29, 1.82) is 0 Å². The molecular weight excluding hydrogens is 419 g/mol. The van der Waals surface area contributed by atoms with Gasteiger partial charge < -0.3 is 4.74 Å². The van der Waals surface area contributed by atoms with Gasteiger partial charge in [-0.05, 0) is 56.4 Å². The highest BCUT2D eigenvalue weighted by Crippen LogP contribution is 2.45. The van der Waals surface area contributed by atoms with Gasteiger partial charge in [-0.3, -0.25) is 4.90 Å². The van der Waals surface area contributed by atoms with Gasteiger partial charge in [-0.25, -0.2) is 19.7 Å². The van der Waals surface area contributed by atoms with Crippen molar-refractivity contribution in [1.82, 2.24) is 19.9 Å². The number of carbonyl (C=O) groups excluding carboxylic acids is 1. The molecule has 33 heavy (non-hydrogen) atoms. The number of cyclic esters (lactones) is 1. The van der Waals surface area contributed by atoms with Crippen molar-refractivity contribution in [2.45, 2.75) is 50.8 Å². The molecule has 1 amide bonds. The van der Waals surface area contributed by atoms with Crippen molar-refractivity contribution >= 4 is 11.7 Å². The summed E-state index contributed by atoms with van der Waals surface area (Å²) in [7, 11) is 0. The van der Waals surface area contributed by atoms with Crippen LogP contribution in [0.3, 0.4) is 0 Å². The second-order valence-electron chi connectivity index (χ2n) is 8.98. The van der Waals surface area contributed by atoms with E-state index in [0.717, 1.165) is 11.1 Å². The smallest absolute Gasteiger partial charge is 0.411 e. The fraction of sp³-hybridized carbons (Fsp3) is 0.308. The van der Waals surface area contributed by atoms with Crippen molar-refractivity contribution in [3.05, 3.63) is 84.2 Å². The van der Waals surface area contributed by atoms with Crippen molar-refractivity contribution in [3.8, 4) is 11.4 Å². The van der Waals surface area contributed by atoms with Crippen molar-refractivity contribution in [2.24, 2.45) is 0 Å². The van der Waals surface area contributed by atoms with Crippen LogP contribution in [0.1, 0.15) is 50.3 Å². The SMILES string of the molecule is CC1(C)OC(=O)N([C@@H]2CC=C(c3cc(-c4ncccn4)cnc3F)CC2)C1c1ccccc1. The third-order valence-electron chi connectivity index (χ3n) is 6.40. The highest BCUT2D eigenvalue weighted by Gasteiger charge is 2.51. The first-order valence-corrected chi connectivity index (χ1v) is 11.1. The van der Waals surface area contributed by atoms with Gasteiger partial charge in [-0.15, -0.1) is 0 Å². The maximum Gasteiger partial charge on any atom is 0.411 e. The topological polar surface area (TPSA) is 68.2 Å². The summed E-state index contributed by atoms with van der Waals surface area (Å²) in [5, 5.41) is 0. The molecule has 0 radical (unpaired) electrons. The van der Waals surface area contributed by atoms with E-state index in [1.807, 2.05) is 55.2 Å². The Hall–Kier alpha value is -3.61. The molecular formula is C26H25FN4O2. The molecule has 2 atom stereocenters. The summed E-state index contributed by atoms with van der Waals surface area (Å²) in [4.78, 5) is 27.2. The lowest BCUT2D eigenvalue weighted by Gasteiger charge is -2.36. The standard InChI is InChI=1S/C26H25FN4O2/c1-26(2)22(18-7-4-3-5-8-18)31(25(32)33-26)20-11-9-17(10-12-20)21-15-19(16-30-23(21)27)24-28-13-6-14-29-24/h3-9,13-16,20,22H,10-12H2,1-2H3/t20-,22?/m1/s1. The molecule has 1 aromatic carbocycles. The Kier molecular flexibility index (Phi) is 5.40. The maximum absolute atomic E-state index is 14.6. The number of hydrogen-bond donors (Lipinski definition) is 0. The quantitative estimate of drug-likeness (QED) is 0.491. The lowest BCUT2D eigenvalue weighted by atomic mass is 9.86. The van der Waals surface area contributed by atoms with Crippen LogP contribution < -0.4 is 0 Å². The average Bonchev–Trinajstić information content (AvgIpc) is 3.08. The zero-order valence-corrected chi connectivity index (χ0v) is 18.6. The van der Waals surface area contributed by atoms with Crippen LogP contribution in [-0.4, -0.2) is 37.6 Å². The molecule has 7 heteroatoms. The van der Waals surface area contributed by atoms with Crippen molar-refractivity contribution in [2.75, 3.05) is 0 Å². The summed E-state index contributed by atoms with van der Waals surface area (Å²) < 4.78 is 20.4. The first-order valence-electron chi connectivity index (χ1n) is 11.1. The second kappa shape index (κ2) is 8.39. The highest BCUT2D eigenvalue weighted by atomic mass is 19.1. The van der Waals surface area contributed by atoms with E-state index in [2.05, 4.69) is 15.0 Å². The van der Waals surface area contributed by atoms with Crippen LogP contribution in [0.4, 0.5) is 9.18 Å². The van der Waals surface area contributed by atoms with E-state index in [0.29, 0.717) is 36.2 Å². The molecule has 0 bridgehead atoms. The summed E-state index contributed by atoms with van der Waals surface area (Å²) in [6.45, 7) is 3.90. The number of halogens is 1. The van der Waals surface area contributed by atoms with E-state index in [1.54, 1.807) is 24.5 Å². The van der Waals surface area contributed by atoms with Gasteiger partial charge >= 0.3 is 6.09 Å². The molecule has 2 aliphatic rings. The van der Waals surface area contributed by atoms with Crippen LogP contribution in [0.15, 0.2) is 67.1 Å². The van der Waals surface area contributed by atoms with Crippen LogP contribution in [0, 0.1) is 5.95 Å². The zero-order valence-electron chi connectivity index (χ0n) is 18.6. The minimum Gasteiger partial charge on any atom is -0.441 e. The Bertz CT molecular complexity index is 1200. The molecule has 6 nitrogen and oxygen atoms in total. The van der Waals surface area contributed by atoms with Gasteiger partial charge in [-0.1, -0.05) is 36.4 Å². The molecule has 168 valence electrons. The first-order chi connectivity index (χ1) is 15.9. The number of amides is 1. The third kappa shape index (κ3) is 3.99. The van der Waals surface area contributed by atoms with E-state index < -0.39 is 11.5 Å². The number of pyridine rings is 1. The van der Waals surface area contributed by atoms with Crippen molar-refractivity contribution < 1.29 is 13.9 Å². The van der Waals surface area contributed by atoms with E-state index in [9.17, 15) is 9.18 Å². The number of aromatic nitrogens is 3. The van der Waals surface area contributed by atoms with E-state index in [-0.39, 0.29) is 18.2 Å². The normalized spacial score (nSPS) is 22.1. The van der Waals surface area contributed by atoms with E-state index in [1.165, 1.54) is 6.20 Å². The molecule has 1 aliphatic heterocycles. The largest absolute Gasteiger partial charge is 0.441 e. The average molecular weight is 445 g/mol. The molecule has 5 rings (SSSR count). The fourth-order valence-electron chi connectivity index (χ4n) is 4.89. The fourth-order valence-corrected chi connectivity index (χ4v) is 4.89. The van der Waals surface area contributed by atoms with Gasteiger partial charge in [0, 0.05) is 35.8 Å². The molecule has 0 N–H and O–H groups in total. The molecule has 2 aromatic heterocycles. The molecule has 3 heterocycles. The van der Waals surface area contributed by atoms with Gasteiger partial charge in [0.05, 0.1) is 6.04 Å². The molecule has 1 aliphatic carbocycles. The second-order valence-corrected chi connectivity index (χ2v) is 8.98. The minimum atomic E-state index is -0.636. The van der Waals surface area contributed by atoms with Gasteiger partial charge in [0.1, 0.15) is 5.60 Å². The van der Waals surface area contributed by atoms with Crippen LogP contribution in [0.25, 0.3) is 17.0 Å². The first kappa shape index (κ1) is 21.2. The number of hydrogen-bond acceptors (Lipinski definition) is 5. The lowest BCUT2D eigenvalue weighted by Crippen LogP contribution is -2.41. The monoisotopic (exact) mass is 444 g/mol. The highest BCUT2D eigenvalue weighted by molar-refractivity contribution is 5.74. The predicted octanol–water partition coefficient (Wildman–Crippen LogP) is 5.59.